The predicted molar refractivity (Wildman–Crippen MR) is 53.5 cm³/mol. The smallest absolute Gasteiger partial charge is 0.224 e. The SMILES string of the molecule is N#CCNC(=O)C1C2CCC(C2)C1CO. The molecule has 2 N–H and O–H groups in total. The highest BCUT2D eigenvalue weighted by Crippen LogP contribution is 2.52. The van der Waals surface area contributed by atoms with E-state index in [0.717, 1.165) is 19.3 Å². The van der Waals surface area contributed by atoms with Crippen LogP contribution in [0.5, 0.6) is 0 Å². The van der Waals surface area contributed by atoms with Gasteiger partial charge in [-0.1, -0.05) is 0 Å². The summed E-state index contributed by atoms with van der Waals surface area (Å²) in [6.07, 6.45) is 3.33. The third-order valence-electron chi connectivity index (χ3n) is 3.94. The Morgan fingerprint density at radius 1 is 1.47 bits per heavy atom. The van der Waals surface area contributed by atoms with Crippen molar-refractivity contribution >= 4 is 5.91 Å². The molecule has 0 aromatic carbocycles. The number of nitriles is 1. The second-order valence-electron chi connectivity index (χ2n) is 4.58. The molecular formula is C11H16N2O2. The van der Waals surface area contributed by atoms with Gasteiger partial charge in [-0.3, -0.25) is 4.79 Å². The van der Waals surface area contributed by atoms with Gasteiger partial charge in [0.1, 0.15) is 6.54 Å². The van der Waals surface area contributed by atoms with Crippen LogP contribution in [0.2, 0.25) is 0 Å². The lowest BCUT2D eigenvalue weighted by atomic mass is 9.79. The first-order chi connectivity index (χ1) is 7.27. The molecule has 0 aromatic rings. The van der Waals surface area contributed by atoms with Crippen LogP contribution in [0.3, 0.4) is 0 Å². The van der Waals surface area contributed by atoms with Crippen LogP contribution in [0.25, 0.3) is 0 Å². The zero-order valence-electron chi connectivity index (χ0n) is 8.65. The summed E-state index contributed by atoms with van der Waals surface area (Å²) in [5.41, 5.74) is 0. The summed E-state index contributed by atoms with van der Waals surface area (Å²) in [5.74, 6) is 0.996. The van der Waals surface area contributed by atoms with Crippen molar-refractivity contribution < 1.29 is 9.90 Å². The van der Waals surface area contributed by atoms with Crippen LogP contribution in [0.4, 0.5) is 0 Å². The third kappa shape index (κ3) is 1.72. The number of carbonyl (C=O) groups is 1. The van der Waals surface area contributed by atoms with E-state index in [-0.39, 0.29) is 30.9 Å². The van der Waals surface area contributed by atoms with E-state index in [9.17, 15) is 9.90 Å². The number of hydrogen-bond donors (Lipinski definition) is 2. The molecule has 2 aliphatic rings. The van der Waals surface area contributed by atoms with E-state index in [1.54, 1.807) is 0 Å². The molecule has 0 saturated heterocycles. The fourth-order valence-corrected chi connectivity index (χ4v) is 3.33. The average molecular weight is 208 g/mol. The number of aliphatic hydroxyl groups is 1. The standard InChI is InChI=1S/C11H16N2O2/c12-3-4-13-11(15)10-8-2-1-7(5-8)9(10)6-14/h7-10,14H,1-2,4-6H2,(H,13,15). The zero-order valence-corrected chi connectivity index (χ0v) is 8.65. The molecule has 0 radical (unpaired) electrons. The number of rotatable bonds is 3. The van der Waals surface area contributed by atoms with E-state index in [1.807, 2.05) is 6.07 Å². The molecule has 15 heavy (non-hydrogen) atoms. The average Bonchev–Trinajstić information content (AvgIpc) is 2.84. The summed E-state index contributed by atoms with van der Waals surface area (Å²) in [5, 5.41) is 20.3. The molecule has 4 atom stereocenters. The van der Waals surface area contributed by atoms with Gasteiger partial charge in [-0.2, -0.15) is 5.26 Å². The Bertz CT molecular complexity index is 297. The monoisotopic (exact) mass is 208 g/mol. The molecule has 0 spiro atoms. The van der Waals surface area contributed by atoms with E-state index in [2.05, 4.69) is 5.32 Å². The third-order valence-corrected chi connectivity index (χ3v) is 3.94. The molecule has 0 heterocycles. The van der Waals surface area contributed by atoms with Crippen molar-refractivity contribution in [2.24, 2.45) is 23.7 Å². The van der Waals surface area contributed by atoms with Gasteiger partial charge in [0, 0.05) is 12.5 Å². The second-order valence-corrected chi connectivity index (χ2v) is 4.58. The van der Waals surface area contributed by atoms with Gasteiger partial charge in [0.05, 0.1) is 6.07 Å². The van der Waals surface area contributed by atoms with Crippen LogP contribution in [0, 0.1) is 35.0 Å². The summed E-state index contributed by atoms with van der Waals surface area (Å²) in [7, 11) is 0. The minimum absolute atomic E-state index is 0.0391. The molecule has 2 saturated carbocycles. The highest BCUT2D eigenvalue weighted by atomic mass is 16.3. The van der Waals surface area contributed by atoms with Crippen molar-refractivity contribution in [1.29, 1.82) is 5.26 Å². The molecule has 0 aliphatic heterocycles. The Labute approximate surface area is 89.3 Å². The van der Waals surface area contributed by atoms with E-state index >= 15 is 0 Å². The molecule has 4 unspecified atom stereocenters. The number of nitrogens with zero attached hydrogens (tertiary/aromatic N) is 1. The Kier molecular flexibility index (Phi) is 2.92. The molecule has 82 valence electrons. The van der Waals surface area contributed by atoms with Crippen LogP contribution in [-0.4, -0.2) is 24.2 Å². The lowest BCUT2D eigenvalue weighted by molar-refractivity contribution is -0.128. The van der Waals surface area contributed by atoms with Gasteiger partial charge in [-0.05, 0) is 37.0 Å². The first kappa shape index (κ1) is 10.4. The topological polar surface area (TPSA) is 73.1 Å². The van der Waals surface area contributed by atoms with Gasteiger partial charge >= 0.3 is 0 Å². The van der Waals surface area contributed by atoms with Crippen LogP contribution >= 0.6 is 0 Å². The number of nitrogens with one attached hydrogen (secondary N) is 1. The van der Waals surface area contributed by atoms with Crippen LogP contribution in [-0.2, 0) is 4.79 Å². The lowest BCUT2D eigenvalue weighted by Crippen LogP contribution is -2.39. The normalized spacial score (nSPS) is 37.6. The quantitative estimate of drug-likeness (QED) is 0.654. The van der Waals surface area contributed by atoms with Crippen molar-refractivity contribution in [2.45, 2.75) is 19.3 Å². The van der Waals surface area contributed by atoms with E-state index in [1.165, 1.54) is 0 Å². The van der Waals surface area contributed by atoms with Crippen molar-refractivity contribution in [3.63, 3.8) is 0 Å². The molecule has 2 bridgehead atoms. The van der Waals surface area contributed by atoms with Crippen molar-refractivity contribution in [3.05, 3.63) is 0 Å². The first-order valence-electron chi connectivity index (χ1n) is 5.53. The van der Waals surface area contributed by atoms with E-state index in [4.69, 9.17) is 5.26 Å². The predicted octanol–water partition coefficient (Wildman–Crippen LogP) is 0.281. The van der Waals surface area contributed by atoms with Gasteiger partial charge in [0.2, 0.25) is 5.91 Å². The summed E-state index contributed by atoms with van der Waals surface area (Å²) in [6.45, 7) is 0.177. The highest BCUT2D eigenvalue weighted by molar-refractivity contribution is 5.80. The number of aliphatic hydroxyl groups excluding tert-OH is 1. The van der Waals surface area contributed by atoms with Gasteiger partial charge in [-0.25, -0.2) is 0 Å². The fraction of sp³-hybridized carbons (Fsp3) is 0.818. The number of fused-ring (bicyclic) bond motifs is 2. The largest absolute Gasteiger partial charge is 0.396 e. The van der Waals surface area contributed by atoms with Crippen molar-refractivity contribution in [3.8, 4) is 6.07 Å². The molecule has 2 fully saturated rings. The van der Waals surface area contributed by atoms with Crippen LogP contribution in [0.1, 0.15) is 19.3 Å². The second kappa shape index (κ2) is 4.19. The molecule has 4 heteroatoms. The van der Waals surface area contributed by atoms with Crippen LogP contribution < -0.4 is 5.32 Å². The Hall–Kier alpha value is -1.08. The number of carbonyl (C=O) groups excluding carboxylic acids is 1. The first-order valence-corrected chi connectivity index (χ1v) is 5.53. The van der Waals surface area contributed by atoms with Gasteiger partial charge in [0.15, 0.2) is 0 Å². The Morgan fingerprint density at radius 2 is 2.20 bits per heavy atom. The zero-order chi connectivity index (χ0) is 10.8. The van der Waals surface area contributed by atoms with E-state index in [0.29, 0.717) is 11.8 Å². The van der Waals surface area contributed by atoms with E-state index < -0.39 is 0 Å². The summed E-state index contributed by atoms with van der Waals surface area (Å²) >= 11 is 0. The molecule has 2 aliphatic carbocycles. The number of amides is 1. The minimum atomic E-state index is -0.0536. The Balaban J connectivity index is 2.01. The van der Waals surface area contributed by atoms with Crippen LogP contribution in [0.15, 0.2) is 0 Å². The molecule has 1 amide bonds. The summed E-state index contributed by atoms with van der Waals surface area (Å²) in [4.78, 5) is 11.8. The number of hydrogen-bond acceptors (Lipinski definition) is 3. The maximum Gasteiger partial charge on any atom is 0.224 e. The highest BCUT2D eigenvalue weighted by Gasteiger charge is 2.50. The molecule has 4 nitrogen and oxygen atoms in total. The summed E-state index contributed by atoms with van der Waals surface area (Å²) in [6, 6.07) is 1.90. The molecule has 0 aromatic heterocycles. The van der Waals surface area contributed by atoms with Gasteiger partial charge < -0.3 is 10.4 Å². The lowest BCUT2D eigenvalue weighted by Gasteiger charge is -2.28. The molecule has 2 rings (SSSR count). The Morgan fingerprint density at radius 3 is 2.87 bits per heavy atom. The van der Waals surface area contributed by atoms with Gasteiger partial charge in [0.25, 0.3) is 0 Å². The maximum absolute atomic E-state index is 11.8. The summed E-state index contributed by atoms with van der Waals surface area (Å²) < 4.78 is 0. The maximum atomic E-state index is 11.8. The van der Waals surface area contributed by atoms with Gasteiger partial charge in [-0.15, -0.1) is 0 Å². The van der Waals surface area contributed by atoms with Crippen molar-refractivity contribution in [2.75, 3.05) is 13.2 Å². The fourth-order valence-electron chi connectivity index (χ4n) is 3.33. The molecular weight excluding hydrogens is 192 g/mol. The van der Waals surface area contributed by atoms with Crippen molar-refractivity contribution in [1.82, 2.24) is 5.32 Å². The minimum Gasteiger partial charge on any atom is -0.396 e.